The molecule has 0 aliphatic carbocycles. The third kappa shape index (κ3) is 2.82. The Morgan fingerprint density at radius 2 is 1.95 bits per heavy atom. The number of anilines is 1. The fraction of sp³-hybridized carbons (Fsp3) is 0.0667. The van der Waals surface area contributed by atoms with Gasteiger partial charge in [-0.1, -0.05) is 23.7 Å². The number of carbonyl (C=O) groups is 1. The largest absolute Gasteiger partial charge is 0.271 e. The summed E-state index contributed by atoms with van der Waals surface area (Å²) in [5.41, 5.74) is 4.59. The van der Waals surface area contributed by atoms with Gasteiger partial charge in [-0.15, -0.1) is 0 Å². The maximum atomic E-state index is 12.2. The Labute approximate surface area is 131 Å². The molecule has 3 rings (SSSR count). The normalized spacial score (nSPS) is 10.5. The lowest BCUT2D eigenvalue weighted by Crippen LogP contribution is -2.40. The van der Waals surface area contributed by atoms with E-state index in [1.54, 1.807) is 19.3 Å². The molecule has 0 saturated carbocycles. The van der Waals surface area contributed by atoms with Gasteiger partial charge in [0, 0.05) is 19.4 Å². The van der Waals surface area contributed by atoms with Crippen LogP contribution in [-0.4, -0.2) is 27.9 Å². The molecule has 2 aromatic heterocycles. The number of hydrazine groups is 1. The Hall–Kier alpha value is -2.73. The first-order valence-electron chi connectivity index (χ1n) is 6.51. The summed E-state index contributed by atoms with van der Waals surface area (Å²) in [6, 6.07) is 9.07. The lowest BCUT2D eigenvalue weighted by Gasteiger charge is -2.19. The van der Waals surface area contributed by atoms with Gasteiger partial charge in [0.25, 0.3) is 5.91 Å². The lowest BCUT2D eigenvalue weighted by atomic mass is 10.2. The van der Waals surface area contributed by atoms with Crippen molar-refractivity contribution >= 4 is 34.4 Å². The van der Waals surface area contributed by atoms with Crippen LogP contribution in [0.15, 0.2) is 48.9 Å². The molecule has 0 unspecified atom stereocenters. The molecule has 0 bridgehead atoms. The molecule has 0 atom stereocenters. The van der Waals surface area contributed by atoms with E-state index in [-0.39, 0.29) is 10.9 Å². The number of aromatic nitrogens is 3. The van der Waals surface area contributed by atoms with E-state index < -0.39 is 0 Å². The van der Waals surface area contributed by atoms with E-state index in [1.807, 2.05) is 24.3 Å². The smallest absolute Gasteiger partial charge is 0.270 e. The summed E-state index contributed by atoms with van der Waals surface area (Å²) in [5.74, 6) is 0.182. The molecule has 1 amide bonds. The third-order valence-corrected chi connectivity index (χ3v) is 3.37. The summed E-state index contributed by atoms with van der Waals surface area (Å²) in [6.45, 7) is 0. The van der Waals surface area contributed by atoms with Crippen molar-refractivity contribution < 1.29 is 4.79 Å². The summed E-state index contributed by atoms with van der Waals surface area (Å²) < 4.78 is 0. The summed E-state index contributed by atoms with van der Waals surface area (Å²) >= 11 is 5.96. The molecular formula is C15H12ClN5O. The highest BCUT2D eigenvalue weighted by Gasteiger charge is 2.13. The van der Waals surface area contributed by atoms with Gasteiger partial charge in [0.15, 0.2) is 5.82 Å². The molecule has 0 aliphatic rings. The SMILES string of the molecule is CN(NC(=O)c1ccncc1Cl)c1cnc2ccccc2n1. The van der Waals surface area contributed by atoms with Crippen molar-refractivity contribution in [3.05, 3.63) is 59.5 Å². The second-order valence-corrected chi connectivity index (χ2v) is 4.98. The summed E-state index contributed by atoms with van der Waals surface area (Å²) in [5, 5.41) is 1.79. The summed E-state index contributed by atoms with van der Waals surface area (Å²) in [7, 11) is 1.69. The topological polar surface area (TPSA) is 71.0 Å². The summed E-state index contributed by atoms with van der Waals surface area (Å²) in [4.78, 5) is 24.8. The van der Waals surface area contributed by atoms with Gasteiger partial charge < -0.3 is 0 Å². The minimum Gasteiger partial charge on any atom is -0.270 e. The molecule has 22 heavy (non-hydrogen) atoms. The highest BCUT2D eigenvalue weighted by Crippen LogP contribution is 2.15. The molecule has 6 nitrogen and oxygen atoms in total. The predicted molar refractivity (Wildman–Crippen MR) is 84.7 cm³/mol. The van der Waals surface area contributed by atoms with Crippen LogP contribution in [0.5, 0.6) is 0 Å². The Kier molecular flexibility index (Phi) is 3.84. The number of fused-ring (bicyclic) bond motifs is 1. The number of pyridine rings is 1. The number of para-hydroxylation sites is 2. The molecule has 7 heteroatoms. The Bertz CT molecular complexity index is 839. The number of nitrogens with zero attached hydrogens (tertiary/aromatic N) is 4. The maximum Gasteiger partial charge on any atom is 0.271 e. The van der Waals surface area contributed by atoms with Crippen molar-refractivity contribution in [3.63, 3.8) is 0 Å². The Morgan fingerprint density at radius 3 is 2.73 bits per heavy atom. The van der Waals surface area contributed by atoms with Gasteiger partial charge in [-0.2, -0.15) is 0 Å². The van der Waals surface area contributed by atoms with Crippen LogP contribution in [0.2, 0.25) is 5.02 Å². The lowest BCUT2D eigenvalue weighted by molar-refractivity contribution is 0.0951. The molecule has 110 valence electrons. The van der Waals surface area contributed by atoms with E-state index in [9.17, 15) is 4.79 Å². The van der Waals surface area contributed by atoms with E-state index in [0.717, 1.165) is 11.0 Å². The van der Waals surface area contributed by atoms with Crippen LogP contribution < -0.4 is 10.4 Å². The highest BCUT2D eigenvalue weighted by atomic mass is 35.5. The Morgan fingerprint density at radius 1 is 1.18 bits per heavy atom. The van der Waals surface area contributed by atoms with Crippen molar-refractivity contribution in [1.82, 2.24) is 20.4 Å². The number of amides is 1. The van der Waals surface area contributed by atoms with Crippen LogP contribution in [0.1, 0.15) is 10.4 Å². The van der Waals surface area contributed by atoms with E-state index in [4.69, 9.17) is 11.6 Å². The first-order chi connectivity index (χ1) is 10.6. The van der Waals surface area contributed by atoms with Gasteiger partial charge in [-0.05, 0) is 18.2 Å². The molecule has 0 radical (unpaired) electrons. The number of carbonyl (C=O) groups excluding carboxylic acids is 1. The van der Waals surface area contributed by atoms with E-state index in [0.29, 0.717) is 11.4 Å². The van der Waals surface area contributed by atoms with Crippen molar-refractivity contribution in [2.75, 3.05) is 12.1 Å². The van der Waals surface area contributed by atoms with Crippen LogP contribution in [0.3, 0.4) is 0 Å². The van der Waals surface area contributed by atoms with Crippen LogP contribution in [0.25, 0.3) is 11.0 Å². The number of hydrogen-bond acceptors (Lipinski definition) is 5. The van der Waals surface area contributed by atoms with Crippen molar-refractivity contribution in [1.29, 1.82) is 0 Å². The standard InChI is InChI=1S/C15H12ClN5O/c1-21(20-15(22)10-6-7-17-8-11(10)16)14-9-18-12-4-2-3-5-13(12)19-14/h2-9H,1H3,(H,20,22). The van der Waals surface area contributed by atoms with E-state index in [2.05, 4.69) is 20.4 Å². The Balaban J connectivity index is 1.82. The fourth-order valence-electron chi connectivity index (χ4n) is 1.94. The number of nitrogens with one attached hydrogen (secondary N) is 1. The first kappa shape index (κ1) is 14.2. The molecular weight excluding hydrogens is 302 g/mol. The average Bonchev–Trinajstić information content (AvgIpc) is 2.54. The first-order valence-corrected chi connectivity index (χ1v) is 6.89. The highest BCUT2D eigenvalue weighted by molar-refractivity contribution is 6.33. The summed E-state index contributed by atoms with van der Waals surface area (Å²) in [6.07, 6.45) is 4.53. The van der Waals surface area contributed by atoms with Crippen LogP contribution in [0.4, 0.5) is 5.82 Å². The van der Waals surface area contributed by atoms with Gasteiger partial charge in [0.1, 0.15) is 0 Å². The fourth-order valence-corrected chi connectivity index (χ4v) is 2.14. The van der Waals surface area contributed by atoms with Gasteiger partial charge in [-0.3, -0.25) is 25.2 Å². The van der Waals surface area contributed by atoms with E-state index in [1.165, 1.54) is 17.4 Å². The molecule has 0 fully saturated rings. The minimum absolute atomic E-state index is 0.290. The molecule has 2 heterocycles. The van der Waals surface area contributed by atoms with E-state index >= 15 is 0 Å². The molecule has 0 aliphatic heterocycles. The van der Waals surface area contributed by atoms with Gasteiger partial charge in [0.05, 0.1) is 27.8 Å². The molecule has 1 N–H and O–H groups in total. The number of benzene rings is 1. The minimum atomic E-state index is -0.343. The van der Waals surface area contributed by atoms with Gasteiger partial charge in [-0.25, -0.2) is 4.98 Å². The molecule has 0 spiro atoms. The molecule has 3 aromatic rings. The maximum absolute atomic E-state index is 12.2. The average molecular weight is 314 g/mol. The zero-order chi connectivity index (χ0) is 15.5. The zero-order valence-corrected chi connectivity index (χ0v) is 12.4. The van der Waals surface area contributed by atoms with Crippen molar-refractivity contribution in [3.8, 4) is 0 Å². The van der Waals surface area contributed by atoms with Gasteiger partial charge in [0.2, 0.25) is 0 Å². The van der Waals surface area contributed by atoms with Gasteiger partial charge >= 0.3 is 0 Å². The third-order valence-electron chi connectivity index (χ3n) is 3.07. The van der Waals surface area contributed by atoms with Crippen LogP contribution in [-0.2, 0) is 0 Å². The number of rotatable bonds is 3. The van der Waals surface area contributed by atoms with Crippen molar-refractivity contribution in [2.24, 2.45) is 0 Å². The van der Waals surface area contributed by atoms with Crippen molar-refractivity contribution in [2.45, 2.75) is 0 Å². The molecule has 0 saturated heterocycles. The van der Waals surface area contributed by atoms with Crippen LogP contribution >= 0.6 is 11.6 Å². The number of halogens is 1. The predicted octanol–water partition coefficient (Wildman–Crippen LogP) is 2.46. The van der Waals surface area contributed by atoms with Crippen LogP contribution in [0, 0.1) is 0 Å². The molecule has 1 aromatic carbocycles. The monoisotopic (exact) mass is 313 g/mol. The quantitative estimate of drug-likeness (QED) is 0.752. The zero-order valence-electron chi connectivity index (χ0n) is 11.7. The second kappa shape index (κ2) is 5.95. The number of hydrogen-bond donors (Lipinski definition) is 1. The second-order valence-electron chi connectivity index (χ2n) is 4.57.